The molecule has 0 fully saturated rings. The largest absolute Gasteiger partial charge is 0.477 e. The zero-order valence-electron chi connectivity index (χ0n) is 6.41. The van der Waals surface area contributed by atoms with Crippen LogP contribution in [0.25, 0.3) is 0 Å². The van der Waals surface area contributed by atoms with Gasteiger partial charge in [-0.1, -0.05) is 35.0 Å². The van der Waals surface area contributed by atoms with Crippen molar-refractivity contribution in [3.05, 3.63) is 15.9 Å². The van der Waals surface area contributed by atoms with Crippen LogP contribution in [0.5, 0.6) is 0 Å². The van der Waals surface area contributed by atoms with Gasteiger partial charge in [0.25, 0.3) is 0 Å². The molecule has 0 aliphatic rings. The van der Waals surface area contributed by atoms with Crippen molar-refractivity contribution in [1.29, 1.82) is 0 Å². The summed E-state index contributed by atoms with van der Waals surface area (Å²) in [6.07, 6.45) is 1.74. The molecule has 1 aromatic rings. The Morgan fingerprint density at radius 1 is 1.38 bits per heavy atom. The molecule has 0 aliphatic carbocycles. The van der Waals surface area contributed by atoms with E-state index >= 15 is 0 Å². The number of thioether (sulfide) groups is 1. The van der Waals surface area contributed by atoms with Crippen LogP contribution in [-0.4, -0.2) is 27.3 Å². The summed E-state index contributed by atoms with van der Waals surface area (Å²) in [6.45, 7) is 0. The standard InChI is InChI=1S/C6H4Cl2N2O2S/c1-13-6-9-3(7)2(5(11)12)4(8)10-6/h1H3,(H,11,12). The molecule has 70 valence electrons. The van der Waals surface area contributed by atoms with Crippen LogP contribution in [0.2, 0.25) is 10.3 Å². The highest BCUT2D eigenvalue weighted by Crippen LogP contribution is 2.23. The number of aromatic carboxylic acids is 1. The molecule has 1 rings (SSSR count). The van der Waals surface area contributed by atoms with Gasteiger partial charge in [0, 0.05) is 0 Å². The first-order chi connectivity index (χ1) is 6.06. The summed E-state index contributed by atoms with van der Waals surface area (Å²) in [4.78, 5) is 18.0. The lowest BCUT2D eigenvalue weighted by atomic mass is 10.3. The molecular weight excluding hydrogens is 235 g/mol. The molecule has 0 saturated heterocycles. The van der Waals surface area contributed by atoms with Crippen LogP contribution in [0, 0.1) is 0 Å². The number of carbonyl (C=O) groups is 1. The lowest BCUT2D eigenvalue weighted by Gasteiger charge is -2.01. The van der Waals surface area contributed by atoms with Gasteiger partial charge in [0.15, 0.2) is 5.16 Å². The van der Waals surface area contributed by atoms with Crippen LogP contribution in [0.3, 0.4) is 0 Å². The molecule has 0 amide bonds. The van der Waals surface area contributed by atoms with Crippen molar-refractivity contribution in [2.75, 3.05) is 6.26 Å². The minimum absolute atomic E-state index is 0.142. The minimum atomic E-state index is -1.23. The van der Waals surface area contributed by atoms with Gasteiger partial charge in [-0.15, -0.1) is 0 Å². The smallest absolute Gasteiger partial charge is 0.342 e. The first-order valence-corrected chi connectivity index (χ1v) is 5.04. The number of carboxylic acids is 1. The van der Waals surface area contributed by atoms with E-state index in [0.717, 1.165) is 0 Å². The van der Waals surface area contributed by atoms with E-state index in [4.69, 9.17) is 28.3 Å². The summed E-state index contributed by atoms with van der Waals surface area (Å²) in [7, 11) is 0. The highest BCUT2D eigenvalue weighted by atomic mass is 35.5. The molecule has 0 aliphatic heterocycles. The zero-order valence-corrected chi connectivity index (χ0v) is 8.74. The van der Waals surface area contributed by atoms with Gasteiger partial charge in [0.05, 0.1) is 0 Å². The van der Waals surface area contributed by atoms with Crippen molar-refractivity contribution in [1.82, 2.24) is 9.97 Å². The highest BCUT2D eigenvalue weighted by Gasteiger charge is 2.17. The van der Waals surface area contributed by atoms with E-state index in [1.807, 2.05) is 0 Å². The lowest BCUT2D eigenvalue weighted by Crippen LogP contribution is -2.03. The maximum absolute atomic E-state index is 10.6. The minimum Gasteiger partial charge on any atom is -0.477 e. The summed E-state index contributed by atoms with van der Waals surface area (Å²) >= 11 is 12.4. The SMILES string of the molecule is CSc1nc(Cl)c(C(=O)O)c(Cl)n1. The number of carboxylic acid groups (broad SMARTS) is 1. The van der Waals surface area contributed by atoms with E-state index < -0.39 is 5.97 Å². The lowest BCUT2D eigenvalue weighted by molar-refractivity contribution is 0.0696. The summed E-state index contributed by atoms with van der Waals surface area (Å²) in [5, 5.41) is 8.72. The molecule has 1 heterocycles. The second kappa shape index (κ2) is 4.13. The molecule has 1 N–H and O–H groups in total. The normalized spacial score (nSPS) is 10.1. The molecule has 0 saturated carbocycles. The Morgan fingerprint density at radius 2 is 1.85 bits per heavy atom. The van der Waals surface area contributed by atoms with E-state index in [1.165, 1.54) is 11.8 Å². The van der Waals surface area contributed by atoms with Gasteiger partial charge in [-0.25, -0.2) is 14.8 Å². The third-order valence-corrected chi connectivity index (χ3v) is 2.29. The Hall–Kier alpha value is -0.520. The molecule has 0 unspecified atom stereocenters. The molecule has 0 bridgehead atoms. The van der Waals surface area contributed by atoms with Crippen LogP contribution < -0.4 is 0 Å². The Bertz CT molecular complexity index is 335. The number of rotatable bonds is 2. The van der Waals surface area contributed by atoms with Crippen LogP contribution in [0.4, 0.5) is 0 Å². The number of nitrogens with zero attached hydrogens (tertiary/aromatic N) is 2. The fraction of sp³-hybridized carbons (Fsp3) is 0.167. The van der Waals surface area contributed by atoms with Crippen molar-refractivity contribution in [3.63, 3.8) is 0 Å². The second-order valence-corrected chi connectivity index (χ2v) is 3.46. The van der Waals surface area contributed by atoms with Gasteiger partial charge in [-0.3, -0.25) is 0 Å². The van der Waals surface area contributed by atoms with Crippen LogP contribution in [0.15, 0.2) is 5.16 Å². The Morgan fingerprint density at radius 3 is 2.15 bits per heavy atom. The van der Waals surface area contributed by atoms with E-state index in [2.05, 4.69) is 9.97 Å². The van der Waals surface area contributed by atoms with Gasteiger partial charge in [0.1, 0.15) is 15.9 Å². The molecule has 7 heteroatoms. The maximum atomic E-state index is 10.6. The van der Waals surface area contributed by atoms with E-state index in [1.54, 1.807) is 6.26 Å². The van der Waals surface area contributed by atoms with Crippen molar-refractivity contribution >= 4 is 40.9 Å². The highest BCUT2D eigenvalue weighted by molar-refractivity contribution is 7.98. The summed E-state index contributed by atoms with van der Waals surface area (Å²) in [6, 6.07) is 0. The van der Waals surface area contributed by atoms with Gasteiger partial charge >= 0.3 is 5.97 Å². The number of hydrogen-bond acceptors (Lipinski definition) is 4. The Labute approximate surface area is 88.3 Å². The van der Waals surface area contributed by atoms with Gasteiger partial charge in [-0.2, -0.15) is 0 Å². The van der Waals surface area contributed by atoms with Crippen LogP contribution in [0.1, 0.15) is 10.4 Å². The first kappa shape index (κ1) is 10.6. The Balaban J connectivity index is 3.31. The third-order valence-electron chi connectivity index (χ3n) is 1.20. The molecule has 0 atom stereocenters. The molecule has 1 aromatic heterocycles. The van der Waals surface area contributed by atoms with Crippen molar-refractivity contribution < 1.29 is 9.90 Å². The monoisotopic (exact) mass is 238 g/mol. The molecule has 0 radical (unpaired) electrons. The summed E-state index contributed by atoms with van der Waals surface area (Å²) in [5.41, 5.74) is -0.263. The summed E-state index contributed by atoms with van der Waals surface area (Å²) < 4.78 is 0. The number of aromatic nitrogens is 2. The maximum Gasteiger partial charge on any atom is 0.342 e. The quantitative estimate of drug-likeness (QED) is 0.487. The number of hydrogen-bond donors (Lipinski definition) is 1. The van der Waals surface area contributed by atoms with Gasteiger partial charge < -0.3 is 5.11 Å². The average molecular weight is 239 g/mol. The number of halogens is 2. The molecule has 0 aromatic carbocycles. The van der Waals surface area contributed by atoms with Crippen molar-refractivity contribution in [2.24, 2.45) is 0 Å². The second-order valence-electron chi connectivity index (χ2n) is 1.97. The van der Waals surface area contributed by atoms with Crippen molar-refractivity contribution in [2.45, 2.75) is 5.16 Å². The van der Waals surface area contributed by atoms with E-state index in [-0.39, 0.29) is 15.9 Å². The molecule has 13 heavy (non-hydrogen) atoms. The third kappa shape index (κ3) is 2.24. The van der Waals surface area contributed by atoms with Crippen LogP contribution in [-0.2, 0) is 0 Å². The molecule has 0 spiro atoms. The topological polar surface area (TPSA) is 63.1 Å². The fourth-order valence-electron chi connectivity index (χ4n) is 0.658. The first-order valence-electron chi connectivity index (χ1n) is 3.06. The fourth-order valence-corrected chi connectivity index (χ4v) is 1.67. The van der Waals surface area contributed by atoms with E-state index in [9.17, 15) is 4.79 Å². The molecular formula is C6H4Cl2N2O2S. The summed E-state index contributed by atoms with van der Waals surface area (Å²) in [5.74, 6) is -1.23. The zero-order chi connectivity index (χ0) is 10.0. The predicted molar refractivity (Wildman–Crippen MR) is 50.8 cm³/mol. The van der Waals surface area contributed by atoms with Crippen molar-refractivity contribution in [3.8, 4) is 0 Å². The Kier molecular flexibility index (Phi) is 3.35. The molecule has 4 nitrogen and oxygen atoms in total. The van der Waals surface area contributed by atoms with E-state index in [0.29, 0.717) is 5.16 Å². The average Bonchev–Trinajstić information content (AvgIpc) is 2.02. The van der Waals surface area contributed by atoms with Crippen LogP contribution >= 0.6 is 35.0 Å². The van der Waals surface area contributed by atoms with Gasteiger partial charge in [0.2, 0.25) is 0 Å². The predicted octanol–water partition coefficient (Wildman–Crippen LogP) is 2.20. The van der Waals surface area contributed by atoms with Gasteiger partial charge in [-0.05, 0) is 6.26 Å².